The van der Waals surface area contributed by atoms with Crippen molar-refractivity contribution in [2.75, 3.05) is 6.61 Å². The molecule has 0 bridgehead atoms. The molecular weight excluding hydrogens is 250 g/mol. The fourth-order valence-electron chi connectivity index (χ4n) is 1.37. The molecule has 1 rings (SSSR count). The first-order valence-electron chi connectivity index (χ1n) is 5.39. The Morgan fingerprint density at radius 1 is 1.47 bits per heavy atom. The Labute approximate surface area is 112 Å². The van der Waals surface area contributed by atoms with E-state index in [0.717, 1.165) is 9.76 Å². The lowest BCUT2D eigenvalue weighted by Crippen LogP contribution is -2.17. The van der Waals surface area contributed by atoms with E-state index in [2.05, 4.69) is 4.85 Å². The summed E-state index contributed by atoms with van der Waals surface area (Å²) in [5.41, 5.74) is 0.978. The molecule has 2 nitrogen and oxygen atoms in total. The van der Waals surface area contributed by atoms with Gasteiger partial charge in [-0.05, 0) is 23.7 Å². The SMILES string of the molecule is [C-]#[N+]C(C)(CCCO)SC(=S)c1ccccc1. The van der Waals surface area contributed by atoms with Crippen LogP contribution in [0.25, 0.3) is 4.85 Å². The molecule has 0 aromatic heterocycles. The zero-order chi connectivity index (χ0) is 12.7. The smallest absolute Gasteiger partial charge is 0.280 e. The molecule has 0 amide bonds. The quantitative estimate of drug-likeness (QED) is 0.651. The minimum Gasteiger partial charge on any atom is -0.396 e. The summed E-state index contributed by atoms with van der Waals surface area (Å²) in [6, 6.07) is 9.71. The van der Waals surface area contributed by atoms with Crippen LogP contribution in [0.3, 0.4) is 0 Å². The van der Waals surface area contributed by atoms with E-state index in [1.165, 1.54) is 11.8 Å². The van der Waals surface area contributed by atoms with Crippen molar-refractivity contribution in [1.82, 2.24) is 0 Å². The van der Waals surface area contributed by atoms with Gasteiger partial charge in [0.05, 0.1) is 4.20 Å². The lowest BCUT2D eigenvalue weighted by molar-refractivity contribution is 0.281. The number of aliphatic hydroxyl groups is 1. The number of thiocarbonyl (C=S) groups is 1. The zero-order valence-electron chi connectivity index (χ0n) is 9.72. The Bertz CT molecular complexity index is 413. The van der Waals surface area contributed by atoms with E-state index in [4.69, 9.17) is 23.9 Å². The molecule has 0 aliphatic rings. The predicted octanol–water partition coefficient (Wildman–Crippen LogP) is 3.50. The maximum absolute atomic E-state index is 8.83. The Kier molecular flexibility index (Phi) is 5.63. The van der Waals surface area contributed by atoms with E-state index < -0.39 is 4.87 Å². The third-order valence-electron chi connectivity index (χ3n) is 2.36. The van der Waals surface area contributed by atoms with Crippen molar-refractivity contribution in [3.05, 3.63) is 47.3 Å². The van der Waals surface area contributed by atoms with Gasteiger partial charge in [0.2, 0.25) is 0 Å². The van der Waals surface area contributed by atoms with Gasteiger partial charge < -0.3 is 5.11 Å². The molecule has 0 heterocycles. The second-order valence-electron chi connectivity index (χ2n) is 3.87. The van der Waals surface area contributed by atoms with Crippen molar-refractivity contribution >= 4 is 28.2 Å². The normalized spacial score (nSPS) is 13.7. The second-order valence-corrected chi connectivity index (χ2v) is 6.03. The van der Waals surface area contributed by atoms with Crippen LogP contribution >= 0.6 is 24.0 Å². The van der Waals surface area contributed by atoms with Crippen molar-refractivity contribution in [3.8, 4) is 0 Å². The monoisotopic (exact) mass is 265 g/mol. The third kappa shape index (κ3) is 4.47. The van der Waals surface area contributed by atoms with Crippen LogP contribution < -0.4 is 0 Å². The van der Waals surface area contributed by atoms with Crippen molar-refractivity contribution in [2.45, 2.75) is 24.6 Å². The molecule has 1 atom stereocenters. The van der Waals surface area contributed by atoms with E-state index in [1.54, 1.807) is 0 Å². The number of rotatable bonds is 5. The van der Waals surface area contributed by atoms with Gasteiger partial charge >= 0.3 is 0 Å². The number of benzene rings is 1. The zero-order valence-corrected chi connectivity index (χ0v) is 11.4. The molecule has 0 aliphatic carbocycles. The molecule has 1 aromatic carbocycles. The lowest BCUT2D eigenvalue weighted by Gasteiger charge is -2.16. The molecule has 1 N–H and O–H groups in total. The van der Waals surface area contributed by atoms with E-state index in [0.29, 0.717) is 12.8 Å². The molecular formula is C13H15NOS2. The summed E-state index contributed by atoms with van der Waals surface area (Å²) >= 11 is 6.75. The summed E-state index contributed by atoms with van der Waals surface area (Å²) in [7, 11) is 0. The van der Waals surface area contributed by atoms with E-state index >= 15 is 0 Å². The van der Waals surface area contributed by atoms with Gasteiger partial charge in [-0.3, -0.25) is 4.85 Å². The number of hydrogen-bond acceptors (Lipinski definition) is 3. The van der Waals surface area contributed by atoms with Crippen LogP contribution in [0.2, 0.25) is 0 Å². The van der Waals surface area contributed by atoms with Gasteiger partial charge in [-0.25, -0.2) is 6.57 Å². The maximum Gasteiger partial charge on any atom is 0.280 e. The highest BCUT2D eigenvalue weighted by molar-refractivity contribution is 8.24. The fraction of sp³-hybridized carbons (Fsp3) is 0.385. The highest BCUT2D eigenvalue weighted by Gasteiger charge is 2.32. The van der Waals surface area contributed by atoms with Crippen molar-refractivity contribution < 1.29 is 5.11 Å². The summed E-state index contributed by atoms with van der Waals surface area (Å²) in [4.78, 5) is 3.06. The van der Waals surface area contributed by atoms with Crippen LogP contribution in [-0.4, -0.2) is 20.8 Å². The number of thioether (sulfide) groups is 1. The van der Waals surface area contributed by atoms with Crippen molar-refractivity contribution in [3.63, 3.8) is 0 Å². The molecule has 0 spiro atoms. The Morgan fingerprint density at radius 2 is 2.12 bits per heavy atom. The molecule has 1 unspecified atom stereocenters. The van der Waals surface area contributed by atoms with E-state index in [-0.39, 0.29) is 6.61 Å². The number of nitrogens with zero attached hydrogens (tertiary/aromatic N) is 1. The summed E-state index contributed by atoms with van der Waals surface area (Å²) in [5, 5.41) is 8.83. The predicted molar refractivity (Wildman–Crippen MR) is 77.1 cm³/mol. The van der Waals surface area contributed by atoms with Crippen LogP contribution in [-0.2, 0) is 0 Å². The standard InChI is InChI=1S/C13H15NOS2/c1-13(14-2,9-6-10-15)17-12(16)11-7-4-3-5-8-11/h3-5,7-8,15H,6,9-10H2,1H3. The Morgan fingerprint density at radius 3 is 2.65 bits per heavy atom. The van der Waals surface area contributed by atoms with Gasteiger partial charge in [0.1, 0.15) is 0 Å². The summed E-state index contributed by atoms with van der Waals surface area (Å²) in [5.74, 6) is 0. The van der Waals surface area contributed by atoms with Crippen molar-refractivity contribution in [2.24, 2.45) is 0 Å². The molecule has 0 saturated carbocycles. The van der Waals surface area contributed by atoms with Gasteiger partial charge in [0.15, 0.2) is 0 Å². The second kappa shape index (κ2) is 6.75. The average Bonchev–Trinajstić information content (AvgIpc) is 2.37. The minimum atomic E-state index is -0.574. The van der Waals surface area contributed by atoms with Gasteiger partial charge in [-0.1, -0.05) is 42.5 Å². The third-order valence-corrected chi connectivity index (χ3v) is 4.00. The highest BCUT2D eigenvalue weighted by Crippen LogP contribution is 2.34. The molecule has 90 valence electrons. The Hall–Kier alpha value is -0.890. The largest absolute Gasteiger partial charge is 0.396 e. The highest BCUT2D eigenvalue weighted by atomic mass is 32.2. The first kappa shape index (κ1) is 14.2. The Balaban J connectivity index is 2.70. The molecule has 0 aliphatic heterocycles. The molecule has 1 aromatic rings. The van der Waals surface area contributed by atoms with Gasteiger partial charge in [0, 0.05) is 20.0 Å². The van der Waals surface area contributed by atoms with E-state index in [9.17, 15) is 0 Å². The molecule has 0 radical (unpaired) electrons. The first-order valence-corrected chi connectivity index (χ1v) is 6.61. The topological polar surface area (TPSA) is 24.6 Å². The first-order chi connectivity index (χ1) is 8.11. The summed E-state index contributed by atoms with van der Waals surface area (Å²) in [6.07, 6.45) is 1.27. The van der Waals surface area contributed by atoms with Gasteiger partial charge in [-0.15, -0.1) is 0 Å². The van der Waals surface area contributed by atoms with Crippen LogP contribution in [0, 0.1) is 6.57 Å². The molecule has 4 heteroatoms. The van der Waals surface area contributed by atoms with E-state index in [1.807, 2.05) is 37.3 Å². The van der Waals surface area contributed by atoms with Crippen molar-refractivity contribution in [1.29, 1.82) is 0 Å². The average molecular weight is 265 g/mol. The summed E-state index contributed by atoms with van der Waals surface area (Å²) < 4.78 is 0.738. The van der Waals surface area contributed by atoms with Crippen LogP contribution in [0.4, 0.5) is 0 Å². The number of aliphatic hydroxyl groups excluding tert-OH is 1. The van der Waals surface area contributed by atoms with Crippen LogP contribution in [0.15, 0.2) is 30.3 Å². The van der Waals surface area contributed by atoms with Gasteiger partial charge in [-0.2, -0.15) is 0 Å². The van der Waals surface area contributed by atoms with Crippen LogP contribution in [0.1, 0.15) is 25.3 Å². The minimum absolute atomic E-state index is 0.115. The lowest BCUT2D eigenvalue weighted by atomic mass is 10.2. The molecule has 0 saturated heterocycles. The maximum atomic E-state index is 8.83. The fourth-order valence-corrected chi connectivity index (χ4v) is 2.99. The molecule has 17 heavy (non-hydrogen) atoms. The summed E-state index contributed by atoms with van der Waals surface area (Å²) in [6.45, 7) is 9.24. The van der Waals surface area contributed by atoms with Gasteiger partial charge in [0.25, 0.3) is 4.87 Å². The van der Waals surface area contributed by atoms with Crippen LogP contribution in [0.5, 0.6) is 0 Å². The molecule has 0 fully saturated rings. The number of hydrogen-bond donors (Lipinski definition) is 1.